The molecule has 1 heterocycles. The van der Waals surface area contributed by atoms with Gasteiger partial charge in [-0.05, 0) is 24.1 Å². The molecule has 0 bridgehead atoms. The summed E-state index contributed by atoms with van der Waals surface area (Å²) in [6.45, 7) is 3.71. The molecule has 4 nitrogen and oxygen atoms in total. The monoisotopic (exact) mass is 176 g/mol. The van der Waals surface area contributed by atoms with Crippen LogP contribution in [0.1, 0.15) is 5.56 Å². The molecule has 1 aliphatic carbocycles. The third kappa shape index (κ3) is 1.07. The van der Waals surface area contributed by atoms with Gasteiger partial charge in [0.15, 0.2) is 0 Å². The fourth-order valence-electron chi connectivity index (χ4n) is 1.32. The van der Waals surface area contributed by atoms with E-state index in [1.165, 1.54) is 18.6 Å². The van der Waals surface area contributed by atoms with E-state index in [1.54, 1.807) is 6.07 Å². The molecule has 2 aliphatic rings. The Morgan fingerprint density at radius 3 is 2.92 bits per heavy atom. The molecule has 2 rings (SSSR count). The van der Waals surface area contributed by atoms with Gasteiger partial charge in [0, 0.05) is 6.07 Å². The van der Waals surface area contributed by atoms with Crippen LogP contribution in [0.25, 0.3) is 11.1 Å². The molecule has 0 unspecified atom stereocenters. The molecule has 0 saturated carbocycles. The predicted molar refractivity (Wildman–Crippen MR) is 46.4 cm³/mol. The lowest BCUT2D eigenvalue weighted by atomic mass is 10.1. The fourth-order valence-corrected chi connectivity index (χ4v) is 1.32. The second-order valence-electron chi connectivity index (χ2n) is 2.70. The van der Waals surface area contributed by atoms with Crippen molar-refractivity contribution in [2.24, 2.45) is 0 Å². The highest BCUT2D eigenvalue weighted by atomic mass is 16.6. The number of rotatable bonds is 1. The lowest BCUT2D eigenvalue weighted by Gasteiger charge is -1.96. The van der Waals surface area contributed by atoms with Gasteiger partial charge < -0.3 is 4.42 Å². The van der Waals surface area contributed by atoms with E-state index in [0.717, 1.165) is 5.56 Å². The second-order valence-corrected chi connectivity index (χ2v) is 2.70. The van der Waals surface area contributed by atoms with Crippen LogP contribution >= 0.6 is 0 Å². The van der Waals surface area contributed by atoms with Crippen molar-refractivity contribution in [1.82, 2.24) is 0 Å². The van der Waals surface area contributed by atoms with Crippen molar-refractivity contribution in [3.8, 4) is 11.1 Å². The Labute approximate surface area is 74.3 Å². The molecule has 1 radical (unpaired) electrons. The standard InChI is InChI=1S/C9H6NO3/c1-6-4-9(10(11)12)8-5-13-3-2-7(6)8/h2-5H,1H2. The first-order chi connectivity index (χ1) is 6.20. The Hall–Kier alpha value is -1.84. The van der Waals surface area contributed by atoms with Crippen molar-refractivity contribution in [3.05, 3.63) is 47.3 Å². The first-order valence-electron chi connectivity index (χ1n) is 3.65. The average molecular weight is 176 g/mol. The smallest absolute Gasteiger partial charge is 0.280 e. The number of hydrogen-bond donors (Lipinski definition) is 0. The zero-order valence-corrected chi connectivity index (χ0v) is 6.69. The SMILES string of the molecule is [CH2]c1cc([N+](=O)[O-])c2coccc1-2. The first-order valence-corrected chi connectivity index (χ1v) is 3.65. The van der Waals surface area contributed by atoms with Gasteiger partial charge in [-0.3, -0.25) is 10.1 Å². The average Bonchev–Trinajstić information content (AvgIpc) is 2.45. The van der Waals surface area contributed by atoms with E-state index in [0.29, 0.717) is 11.1 Å². The van der Waals surface area contributed by atoms with Crippen LogP contribution in [0.3, 0.4) is 0 Å². The molecule has 0 spiro atoms. The minimum atomic E-state index is -0.438. The molecule has 0 saturated heterocycles. The molecular weight excluding hydrogens is 170 g/mol. The third-order valence-electron chi connectivity index (χ3n) is 1.92. The van der Waals surface area contributed by atoms with Crippen LogP contribution in [0.2, 0.25) is 0 Å². The Morgan fingerprint density at radius 2 is 2.23 bits per heavy atom. The molecule has 0 fully saturated rings. The lowest BCUT2D eigenvalue weighted by Crippen LogP contribution is -1.86. The summed E-state index contributed by atoms with van der Waals surface area (Å²) in [6.07, 6.45) is 2.84. The Balaban J connectivity index is 2.74. The van der Waals surface area contributed by atoms with Crippen molar-refractivity contribution in [1.29, 1.82) is 0 Å². The zero-order valence-electron chi connectivity index (χ0n) is 6.69. The summed E-state index contributed by atoms with van der Waals surface area (Å²) in [5, 5.41) is 10.6. The van der Waals surface area contributed by atoms with Crippen molar-refractivity contribution in [2.45, 2.75) is 0 Å². The van der Waals surface area contributed by atoms with Gasteiger partial charge in [0.05, 0.1) is 16.7 Å². The van der Waals surface area contributed by atoms with Crippen LogP contribution in [-0.4, -0.2) is 4.92 Å². The van der Waals surface area contributed by atoms with Crippen LogP contribution in [0.15, 0.2) is 29.1 Å². The van der Waals surface area contributed by atoms with Gasteiger partial charge in [-0.1, -0.05) is 0 Å². The summed E-state index contributed by atoms with van der Waals surface area (Å²) in [7, 11) is 0. The van der Waals surface area contributed by atoms with Crippen LogP contribution in [-0.2, 0) is 0 Å². The van der Waals surface area contributed by atoms with Gasteiger partial charge in [0.1, 0.15) is 6.26 Å². The second kappa shape index (κ2) is 2.58. The number of fused-ring (bicyclic) bond motifs is 1. The molecular formula is C9H6NO3. The van der Waals surface area contributed by atoms with Crippen LogP contribution < -0.4 is 0 Å². The van der Waals surface area contributed by atoms with Gasteiger partial charge in [0.2, 0.25) is 0 Å². The van der Waals surface area contributed by atoms with E-state index < -0.39 is 4.92 Å². The normalized spacial score (nSPS) is 10.5. The largest absolute Gasteiger partial charge is 0.472 e. The lowest BCUT2D eigenvalue weighted by molar-refractivity contribution is -0.383. The molecule has 0 atom stereocenters. The molecule has 1 aliphatic heterocycles. The third-order valence-corrected chi connectivity index (χ3v) is 1.92. The van der Waals surface area contributed by atoms with E-state index in [9.17, 15) is 10.1 Å². The minimum absolute atomic E-state index is 0.0457. The van der Waals surface area contributed by atoms with E-state index in [-0.39, 0.29) is 5.69 Å². The summed E-state index contributed by atoms with van der Waals surface area (Å²) in [5.41, 5.74) is 1.96. The van der Waals surface area contributed by atoms with E-state index >= 15 is 0 Å². The predicted octanol–water partition coefficient (Wildman–Crippen LogP) is 2.47. The molecule has 13 heavy (non-hydrogen) atoms. The highest BCUT2D eigenvalue weighted by Gasteiger charge is 2.21. The highest BCUT2D eigenvalue weighted by Crippen LogP contribution is 2.36. The van der Waals surface area contributed by atoms with Crippen molar-refractivity contribution in [3.63, 3.8) is 0 Å². The fraction of sp³-hybridized carbons (Fsp3) is 0. The molecule has 0 amide bonds. The number of nitrogens with zero attached hydrogens (tertiary/aromatic N) is 1. The summed E-state index contributed by atoms with van der Waals surface area (Å²) < 4.78 is 4.86. The van der Waals surface area contributed by atoms with Crippen LogP contribution in [0, 0.1) is 17.0 Å². The Morgan fingerprint density at radius 1 is 1.46 bits per heavy atom. The summed E-state index contributed by atoms with van der Waals surface area (Å²) in [5.74, 6) is 0. The summed E-state index contributed by atoms with van der Waals surface area (Å²) in [4.78, 5) is 10.1. The molecule has 0 N–H and O–H groups in total. The number of nitro groups is 1. The maximum Gasteiger partial charge on any atom is 0.280 e. The van der Waals surface area contributed by atoms with Crippen molar-refractivity contribution < 1.29 is 9.34 Å². The Bertz CT molecular complexity index is 433. The van der Waals surface area contributed by atoms with Crippen LogP contribution in [0.4, 0.5) is 5.69 Å². The van der Waals surface area contributed by atoms with Gasteiger partial charge in [-0.25, -0.2) is 0 Å². The van der Waals surface area contributed by atoms with Gasteiger partial charge in [-0.15, -0.1) is 0 Å². The highest BCUT2D eigenvalue weighted by molar-refractivity contribution is 5.80. The summed E-state index contributed by atoms with van der Waals surface area (Å²) in [6, 6.07) is 3.12. The molecule has 0 aromatic carbocycles. The van der Waals surface area contributed by atoms with Crippen LogP contribution in [0.5, 0.6) is 0 Å². The molecule has 65 valence electrons. The van der Waals surface area contributed by atoms with Crippen molar-refractivity contribution >= 4 is 5.69 Å². The zero-order chi connectivity index (χ0) is 9.42. The van der Waals surface area contributed by atoms with Gasteiger partial charge in [0.25, 0.3) is 5.69 Å². The maximum absolute atomic E-state index is 10.6. The quantitative estimate of drug-likeness (QED) is 0.495. The topological polar surface area (TPSA) is 56.3 Å². The van der Waals surface area contributed by atoms with Crippen molar-refractivity contribution in [2.75, 3.05) is 0 Å². The summed E-state index contributed by atoms with van der Waals surface area (Å²) >= 11 is 0. The molecule has 0 aromatic rings. The van der Waals surface area contributed by atoms with E-state index in [2.05, 4.69) is 6.92 Å². The molecule has 0 aromatic heterocycles. The Kier molecular flexibility index (Phi) is 1.55. The maximum atomic E-state index is 10.6. The van der Waals surface area contributed by atoms with Gasteiger partial charge >= 0.3 is 0 Å². The first kappa shape index (κ1) is 7.79. The van der Waals surface area contributed by atoms with Gasteiger partial charge in [-0.2, -0.15) is 0 Å². The van der Waals surface area contributed by atoms with E-state index in [1.807, 2.05) is 0 Å². The number of hydrogen-bond acceptors (Lipinski definition) is 3. The minimum Gasteiger partial charge on any atom is -0.472 e. The molecule has 4 heteroatoms. The van der Waals surface area contributed by atoms with E-state index in [4.69, 9.17) is 4.42 Å².